The quantitative estimate of drug-likeness (QED) is 0.810. The van der Waals surface area contributed by atoms with Gasteiger partial charge in [-0.3, -0.25) is 0 Å². The second-order valence-electron chi connectivity index (χ2n) is 2.49. The van der Waals surface area contributed by atoms with E-state index < -0.39 is 6.43 Å². The van der Waals surface area contributed by atoms with E-state index in [2.05, 4.69) is 15.9 Å². The highest BCUT2D eigenvalue weighted by Crippen LogP contribution is 2.27. The minimum atomic E-state index is -2.48. The Balaban J connectivity index is 2.92. The smallest absolute Gasteiger partial charge is 0.264 e. The van der Waals surface area contributed by atoms with E-state index in [1.54, 1.807) is 6.07 Å². The van der Waals surface area contributed by atoms with E-state index in [4.69, 9.17) is 5.21 Å². The summed E-state index contributed by atoms with van der Waals surface area (Å²) in [4.78, 5) is 0. The van der Waals surface area contributed by atoms with Gasteiger partial charge in [-0.2, -0.15) is 0 Å². The summed E-state index contributed by atoms with van der Waals surface area (Å²) in [5.74, 6) is 0. The topological polar surface area (TPSA) is 32.3 Å². The van der Waals surface area contributed by atoms with E-state index in [9.17, 15) is 8.78 Å². The first kappa shape index (κ1) is 10.6. The Hall–Kier alpha value is -0.520. The number of nitrogens with one attached hydrogen (secondary N) is 1. The number of hydrogen-bond donors (Lipinski definition) is 2. The molecule has 0 unspecified atom stereocenters. The van der Waals surface area contributed by atoms with Crippen LogP contribution in [0.4, 0.5) is 8.78 Å². The molecule has 13 heavy (non-hydrogen) atoms. The lowest BCUT2D eigenvalue weighted by Crippen LogP contribution is -2.06. The van der Waals surface area contributed by atoms with Gasteiger partial charge in [-0.05, 0) is 11.6 Å². The second-order valence-corrected chi connectivity index (χ2v) is 3.35. The first-order valence-corrected chi connectivity index (χ1v) is 4.38. The van der Waals surface area contributed by atoms with Crippen LogP contribution < -0.4 is 5.48 Å². The summed E-state index contributed by atoms with van der Waals surface area (Å²) in [7, 11) is 0. The molecule has 0 amide bonds. The maximum atomic E-state index is 12.3. The molecule has 0 heterocycles. The molecule has 1 aromatic rings. The fourth-order valence-electron chi connectivity index (χ4n) is 0.949. The van der Waals surface area contributed by atoms with Crippen LogP contribution in [0.1, 0.15) is 17.6 Å². The molecular weight excluding hydrogens is 244 g/mol. The van der Waals surface area contributed by atoms with Gasteiger partial charge in [0.2, 0.25) is 0 Å². The van der Waals surface area contributed by atoms with Crippen LogP contribution in [0, 0.1) is 0 Å². The monoisotopic (exact) mass is 251 g/mol. The molecule has 1 aromatic carbocycles. The standard InChI is InChI=1S/C8H8BrF2NO/c9-7-3-5(4-12-13)1-2-6(7)8(10)11/h1-3,8,12-13H,4H2. The SMILES string of the molecule is ONCc1ccc(C(F)F)c(Br)c1. The molecule has 0 saturated heterocycles. The van der Waals surface area contributed by atoms with E-state index in [0.29, 0.717) is 4.47 Å². The molecule has 0 atom stereocenters. The predicted octanol–water partition coefficient (Wildman–Crippen LogP) is 2.87. The van der Waals surface area contributed by atoms with Crippen molar-refractivity contribution in [2.24, 2.45) is 0 Å². The molecule has 0 aliphatic rings. The van der Waals surface area contributed by atoms with E-state index in [-0.39, 0.29) is 12.1 Å². The van der Waals surface area contributed by atoms with Gasteiger partial charge in [0.15, 0.2) is 0 Å². The van der Waals surface area contributed by atoms with Crippen LogP contribution in [0.2, 0.25) is 0 Å². The second kappa shape index (κ2) is 4.64. The highest BCUT2D eigenvalue weighted by atomic mass is 79.9. The first-order chi connectivity index (χ1) is 6.15. The summed E-state index contributed by atoms with van der Waals surface area (Å²) in [6.45, 7) is 0.238. The molecule has 2 nitrogen and oxygen atoms in total. The molecule has 0 bridgehead atoms. The van der Waals surface area contributed by atoms with Crippen molar-refractivity contribution < 1.29 is 14.0 Å². The first-order valence-electron chi connectivity index (χ1n) is 3.58. The summed E-state index contributed by atoms with van der Waals surface area (Å²) < 4.78 is 24.9. The lowest BCUT2D eigenvalue weighted by Gasteiger charge is -2.05. The number of benzene rings is 1. The molecule has 72 valence electrons. The molecule has 0 spiro atoms. The maximum absolute atomic E-state index is 12.3. The summed E-state index contributed by atoms with van der Waals surface area (Å²) in [5, 5.41) is 8.38. The van der Waals surface area contributed by atoms with Crippen molar-refractivity contribution in [3.8, 4) is 0 Å². The fourth-order valence-corrected chi connectivity index (χ4v) is 1.55. The van der Waals surface area contributed by atoms with Gasteiger partial charge in [0, 0.05) is 16.6 Å². The van der Waals surface area contributed by atoms with Crippen LogP contribution in [0.15, 0.2) is 22.7 Å². The maximum Gasteiger partial charge on any atom is 0.264 e. The number of alkyl halides is 2. The van der Waals surface area contributed by atoms with E-state index in [1.807, 2.05) is 5.48 Å². The molecular formula is C8H8BrF2NO. The van der Waals surface area contributed by atoms with Gasteiger partial charge in [-0.1, -0.05) is 28.1 Å². The number of rotatable bonds is 3. The Morgan fingerprint density at radius 2 is 2.15 bits per heavy atom. The van der Waals surface area contributed by atoms with Crippen LogP contribution in [0.25, 0.3) is 0 Å². The van der Waals surface area contributed by atoms with Gasteiger partial charge < -0.3 is 5.21 Å². The third-order valence-corrected chi connectivity index (χ3v) is 2.27. The zero-order valence-electron chi connectivity index (χ0n) is 6.60. The van der Waals surface area contributed by atoms with Crippen LogP contribution >= 0.6 is 15.9 Å². The van der Waals surface area contributed by atoms with Gasteiger partial charge >= 0.3 is 0 Å². The Labute approximate surface area is 82.7 Å². The third-order valence-electron chi connectivity index (χ3n) is 1.58. The fraction of sp³-hybridized carbons (Fsp3) is 0.250. The average molecular weight is 252 g/mol. The third kappa shape index (κ3) is 2.72. The minimum Gasteiger partial charge on any atom is -0.316 e. The van der Waals surface area contributed by atoms with E-state index in [1.165, 1.54) is 12.1 Å². The van der Waals surface area contributed by atoms with Gasteiger partial charge in [-0.15, -0.1) is 0 Å². The summed E-state index contributed by atoms with van der Waals surface area (Å²) >= 11 is 3.03. The zero-order valence-corrected chi connectivity index (χ0v) is 8.18. The van der Waals surface area contributed by atoms with Crippen LogP contribution in [-0.4, -0.2) is 5.21 Å². The summed E-state index contributed by atoms with van der Waals surface area (Å²) in [5.41, 5.74) is 2.65. The van der Waals surface area contributed by atoms with E-state index in [0.717, 1.165) is 5.56 Å². The Morgan fingerprint density at radius 3 is 2.62 bits per heavy atom. The minimum absolute atomic E-state index is 0.0401. The van der Waals surface area contributed by atoms with Crippen LogP contribution in [-0.2, 0) is 6.54 Å². The zero-order chi connectivity index (χ0) is 9.84. The summed E-state index contributed by atoms with van der Waals surface area (Å²) in [6.07, 6.45) is -2.48. The predicted molar refractivity (Wildman–Crippen MR) is 47.7 cm³/mol. The highest BCUT2D eigenvalue weighted by Gasteiger charge is 2.10. The van der Waals surface area contributed by atoms with Crippen molar-refractivity contribution in [1.82, 2.24) is 5.48 Å². The normalized spacial score (nSPS) is 10.8. The van der Waals surface area contributed by atoms with Gasteiger partial charge in [-0.25, -0.2) is 14.3 Å². The van der Waals surface area contributed by atoms with Gasteiger partial charge in [0.25, 0.3) is 6.43 Å². The van der Waals surface area contributed by atoms with Crippen LogP contribution in [0.3, 0.4) is 0 Å². The number of hydroxylamine groups is 1. The van der Waals surface area contributed by atoms with Crippen molar-refractivity contribution in [2.45, 2.75) is 13.0 Å². The lowest BCUT2D eigenvalue weighted by atomic mass is 10.1. The van der Waals surface area contributed by atoms with Crippen molar-refractivity contribution in [3.05, 3.63) is 33.8 Å². The molecule has 2 N–H and O–H groups in total. The van der Waals surface area contributed by atoms with Crippen molar-refractivity contribution >= 4 is 15.9 Å². The molecule has 0 fully saturated rings. The Morgan fingerprint density at radius 1 is 1.46 bits per heavy atom. The number of halogens is 3. The van der Waals surface area contributed by atoms with Crippen molar-refractivity contribution in [1.29, 1.82) is 0 Å². The Bertz CT molecular complexity index is 293. The molecule has 5 heteroatoms. The van der Waals surface area contributed by atoms with Crippen molar-refractivity contribution in [2.75, 3.05) is 0 Å². The number of hydrogen-bond acceptors (Lipinski definition) is 2. The average Bonchev–Trinajstić information content (AvgIpc) is 2.04. The molecule has 0 aromatic heterocycles. The van der Waals surface area contributed by atoms with Crippen molar-refractivity contribution in [3.63, 3.8) is 0 Å². The Kier molecular flexibility index (Phi) is 3.77. The van der Waals surface area contributed by atoms with Gasteiger partial charge in [0.05, 0.1) is 0 Å². The highest BCUT2D eigenvalue weighted by molar-refractivity contribution is 9.10. The molecule has 0 aliphatic heterocycles. The van der Waals surface area contributed by atoms with E-state index >= 15 is 0 Å². The molecule has 1 rings (SSSR count). The van der Waals surface area contributed by atoms with Crippen LogP contribution in [0.5, 0.6) is 0 Å². The molecule has 0 aliphatic carbocycles. The molecule has 0 radical (unpaired) electrons. The van der Waals surface area contributed by atoms with Gasteiger partial charge in [0.1, 0.15) is 0 Å². The molecule has 0 saturated carbocycles. The lowest BCUT2D eigenvalue weighted by molar-refractivity contribution is 0.150. The summed E-state index contributed by atoms with van der Waals surface area (Å²) in [6, 6.07) is 4.42. The largest absolute Gasteiger partial charge is 0.316 e.